The number of nitrogens with zero attached hydrogens (tertiary/aromatic N) is 3. The minimum Gasteiger partial charge on any atom is -0.444 e. The van der Waals surface area contributed by atoms with E-state index >= 15 is 0 Å². The number of nitrogens with one attached hydrogen (secondary N) is 1. The Balaban J connectivity index is 1.79. The van der Waals surface area contributed by atoms with Crippen LogP contribution in [-0.2, 0) is 4.74 Å². The van der Waals surface area contributed by atoms with Crippen molar-refractivity contribution in [1.82, 2.24) is 14.9 Å². The highest BCUT2D eigenvalue weighted by molar-refractivity contribution is 9.10. The number of halogens is 2. The molecule has 1 aromatic rings. The van der Waals surface area contributed by atoms with Crippen molar-refractivity contribution in [1.29, 1.82) is 0 Å². The molecule has 0 unspecified atom stereocenters. The molecule has 8 heteroatoms. The molecule has 23 heavy (non-hydrogen) atoms. The summed E-state index contributed by atoms with van der Waals surface area (Å²) in [5.74, 6) is 1.17. The van der Waals surface area contributed by atoms with Gasteiger partial charge in [-0.15, -0.1) is 0 Å². The van der Waals surface area contributed by atoms with Crippen LogP contribution in [0.15, 0.2) is 10.7 Å². The lowest BCUT2D eigenvalue weighted by atomic mass is 9.97. The van der Waals surface area contributed by atoms with Crippen LogP contribution < -0.4 is 5.32 Å². The Morgan fingerprint density at radius 1 is 1.48 bits per heavy atom. The molecule has 128 valence electrons. The maximum Gasteiger partial charge on any atom is 0.410 e. The molecule has 1 saturated heterocycles. The molecular formula is C15H22BrClN4O2. The van der Waals surface area contributed by atoms with Crippen LogP contribution in [0, 0.1) is 5.92 Å². The number of rotatable bonds is 3. The van der Waals surface area contributed by atoms with Gasteiger partial charge < -0.3 is 15.0 Å². The number of carbonyl (C=O) groups is 1. The zero-order valence-corrected chi connectivity index (χ0v) is 15.9. The van der Waals surface area contributed by atoms with Gasteiger partial charge in [0.05, 0.1) is 4.47 Å². The van der Waals surface area contributed by atoms with Gasteiger partial charge in [0.2, 0.25) is 5.28 Å². The van der Waals surface area contributed by atoms with Gasteiger partial charge in [0.1, 0.15) is 11.4 Å². The fraction of sp³-hybridized carbons (Fsp3) is 0.667. The molecule has 0 saturated carbocycles. The normalized spacial score (nSPS) is 16.3. The Morgan fingerprint density at radius 3 is 2.74 bits per heavy atom. The van der Waals surface area contributed by atoms with Gasteiger partial charge in [-0.3, -0.25) is 0 Å². The summed E-state index contributed by atoms with van der Waals surface area (Å²) in [4.78, 5) is 21.9. The maximum absolute atomic E-state index is 12.0. The summed E-state index contributed by atoms with van der Waals surface area (Å²) >= 11 is 9.20. The van der Waals surface area contributed by atoms with Crippen molar-refractivity contribution < 1.29 is 9.53 Å². The smallest absolute Gasteiger partial charge is 0.410 e. The number of hydrogen-bond donors (Lipinski definition) is 1. The average Bonchev–Trinajstić information content (AvgIpc) is 2.47. The zero-order chi connectivity index (χ0) is 17.0. The van der Waals surface area contributed by atoms with E-state index < -0.39 is 5.60 Å². The second-order valence-electron chi connectivity index (χ2n) is 6.63. The number of anilines is 1. The predicted molar refractivity (Wildman–Crippen MR) is 93.8 cm³/mol. The van der Waals surface area contributed by atoms with Crippen molar-refractivity contribution in [2.45, 2.75) is 39.2 Å². The number of aromatic nitrogens is 2. The van der Waals surface area contributed by atoms with E-state index in [9.17, 15) is 4.79 Å². The van der Waals surface area contributed by atoms with Gasteiger partial charge in [-0.05, 0) is 67.1 Å². The molecule has 1 aliphatic heterocycles. The van der Waals surface area contributed by atoms with Crippen LogP contribution in [0.4, 0.5) is 10.6 Å². The molecule has 1 aliphatic rings. The van der Waals surface area contributed by atoms with Crippen LogP contribution >= 0.6 is 27.5 Å². The van der Waals surface area contributed by atoms with Gasteiger partial charge in [0, 0.05) is 25.8 Å². The van der Waals surface area contributed by atoms with Gasteiger partial charge >= 0.3 is 6.09 Å². The van der Waals surface area contributed by atoms with E-state index in [1.165, 1.54) is 0 Å². The Kier molecular flexibility index (Phi) is 6.08. The molecule has 0 aliphatic carbocycles. The van der Waals surface area contributed by atoms with E-state index in [4.69, 9.17) is 16.3 Å². The molecule has 1 N–H and O–H groups in total. The molecule has 2 rings (SSSR count). The molecule has 1 amide bonds. The van der Waals surface area contributed by atoms with E-state index in [0.29, 0.717) is 24.8 Å². The molecule has 0 atom stereocenters. The highest BCUT2D eigenvalue weighted by Crippen LogP contribution is 2.23. The molecule has 1 fully saturated rings. The summed E-state index contributed by atoms with van der Waals surface area (Å²) in [5, 5.41) is 3.51. The molecular weight excluding hydrogens is 384 g/mol. The van der Waals surface area contributed by atoms with Gasteiger partial charge in [0.25, 0.3) is 0 Å². The fourth-order valence-corrected chi connectivity index (χ4v) is 2.82. The molecule has 0 aromatic carbocycles. The summed E-state index contributed by atoms with van der Waals surface area (Å²) in [6.45, 7) is 7.86. The van der Waals surface area contributed by atoms with E-state index in [1.807, 2.05) is 20.8 Å². The van der Waals surface area contributed by atoms with Gasteiger partial charge in [0.15, 0.2) is 0 Å². The number of ether oxygens (including phenoxy) is 1. The Morgan fingerprint density at radius 2 is 2.13 bits per heavy atom. The highest BCUT2D eigenvalue weighted by Gasteiger charge is 2.26. The lowest BCUT2D eigenvalue weighted by Gasteiger charge is -2.33. The lowest BCUT2D eigenvalue weighted by Crippen LogP contribution is -2.42. The quantitative estimate of drug-likeness (QED) is 0.771. The first-order chi connectivity index (χ1) is 10.7. The highest BCUT2D eigenvalue weighted by atomic mass is 79.9. The van der Waals surface area contributed by atoms with Crippen LogP contribution in [0.3, 0.4) is 0 Å². The molecule has 2 heterocycles. The maximum atomic E-state index is 12.0. The first kappa shape index (κ1) is 18.3. The van der Waals surface area contributed by atoms with Crippen molar-refractivity contribution in [2.75, 3.05) is 25.0 Å². The van der Waals surface area contributed by atoms with E-state index in [1.54, 1.807) is 11.1 Å². The molecule has 0 bridgehead atoms. The van der Waals surface area contributed by atoms with Gasteiger partial charge in [-0.2, -0.15) is 4.98 Å². The number of piperidine rings is 1. The average molecular weight is 406 g/mol. The summed E-state index contributed by atoms with van der Waals surface area (Å²) in [6.07, 6.45) is 3.27. The van der Waals surface area contributed by atoms with Crippen LogP contribution in [0.25, 0.3) is 0 Å². The summed E-state index contributed by atoms with van der Waals surface area (Å²) in [7, 11) is 0. The number of carbonyl (C=O) groups excluding carboxylic acids is 1. The van der Waals surface area contributed by atoms with Crippen molar-refractivity contribution >= 4 is 39.4 Å². The zero-order valence-electron chi connectivity index (χ0n) is 13.6. The molecule has 1 aromatic heterocycles. The number of likely N-dealkylation sites (tertiary alicyclic amines) is 1. The summed E-state index contributed by atoms with van der Waals surface area (Å²) < 4.78 is 6.19. The van der Waals surface area contributed by atoms with Gasteiger partial charge in [-0.1, -0.05) is 0 Å². The summed E-state index contributed by atoms with van der Waals surface area (Å²) in [6, 6.07) is 0. The van der Waals surface area contributed by atoms with Crippen molar-refractivity contribution in [3.63, 3.8) is 0 Å². The SMILES string of the molecule is CC(C)(C)OC(=O)N1CCC(CNc2nc(Cl)ncc2Br)CC1. The first-order valence-electron chi connectivity index (χ1n) is 7.64. The lowest BCUT2D eigenvalue weighted by molar-refractivity contribution is 0.0188. The van der Waals surface area contributed by atoms with Crippen LogP contribution in [0.5, 0.6) is 0 Å². The van der Waals surface area contributed by atoms with Gasteiger partial charge in [-0.25, -0.2) is 9.78 Å². The molecule has 0 radical (unpaired) electrons. The molecule has 0 spiro atoms. The Bertz CT molecular complexity index is 557. The van der Waals surface area contributed by atoms with Crippen molar-refractivity contribution in [3.05, 3.63) is 16.0 Å². The minimum absolute atomic E-state index is 0.218. The second-order valence-corrected chi connectivity index (χ2v) is 7.82. The largest absolute Gasteiger partial charge is 0.444 e. The third-order valence-electron chi connectivity index (χ3n) is 3.54. The predicted octanol–water partition coefficient (Wildman–Crippen LogP) is 3.95. The first-order valence-corrected chi connectivity index (χ1v) is 8.81. The number of amides is 1. The minimum atomic E-state index is -0.450. The fourth-order valence-electron chi connectivity index (χ4n) is 2.36. The van der Waals surface area contributed by atoms with Crippen LogP contribution in [0.2, 0.25) is 5.28 Å². The Labute approximate surface area is 150 Å². The monoisotopic (exact) mass is 404 g/mol. The van der Waals surface area contributed by atoms with Crippen LogP contribution in [-0.4, -0.2) is 46.2 Å². The third-order valence-corrected chi connectivity index (χ3v) is 4.30. The molecule has 6 nitrogen and oxygen atoms in total. The van der Waals surface area contributed by atoms with E-state index in [2.05, 4.69) is 31.2 Å². The van der Waals surface area contributed by atoms with Crippen LogP contribution in [0.1, 0.15) is 33.6 Å². The number of hydrogen-bond acceptors (Lipinski definition) is 5. The van der Waals surface area contributed by atoms with Crippen molar-refractivity contribution in [3.8, 4) is 0 Å². The third kappa shape index (κ3) is 5.80. The Hall–Kier alpha value is -1.08. The van der Waals surface area contributed by atoms with Crippen molar-refractivity contribution in [2.24, 2.45) is 5.92 Å². The topological polar surface area (TPSA) is 67.3 Å². The second kappa shape index (κ2) is 7.66. The van der Waals surface area contributed by atoms with E-state index in [-0.39, 0.29) is 11.4 Å². The standard InChI is InChI=1S/C15H22BrClN4O2/c1-15(2,3)23-14(22)21-6-4-10(5-7-21)8-18-12-11(16)9-19-13(17)20-12/h9-10H,4-8H2,1-3H3,(H,18,19,20). The summed E-state index contributed by atoms with van der Waals surface area (Å²) in [5.41, 5.74) is -0.450. The van der Waals surface area contributed by atoms with E-state index in [0.717, 1.165) is 23.9 Å².